The van der Waals surface area contributed by atoms with Gasteiger partial charge in [-0.25, -0.2) is 4.98 Å². The molecular formula is C12H17ClN4. The van der Waals surface area contributed by atoms with E-state index in [1.807, 2.05) is 0 Å². The fourth-order valence-corrected chi connectivity index (χ4v) is 3.16. The summed E-state index contributed by atoms with van der Waals surface area (Å²) < 4.78 is 0. The van der Waals surface area contributed by atoms with Gasteiger partial charge < -0.3 is 5.32 Å². The van der Waals surface area contributed by atoms with Crippen LogP contribution in [0, 0.1) is 0 Å². The Morgan fingerprint density at radius 1 is 1.24 bits per heavy atom. The Morgan fingerprint density at radius 2 is 2.18 bits per heavy atom. The largest absolute Gasteiger partial charge is 0.364 e. The molecule has 1 N–H and O–H groups in total. The minimum Gasteiger partial charge on any atom is -0.364 e. The molecule has 92 valence electrons. The number of fused-ring (bicyclic) bond motifs is 1. The van der Waals surface area contributed by atoms with Gasteiger partial charge in [-0.3, -0.25) is 9.88 Å². The molecule has 2 atom stereocenters. The lowest BCUT2D eigenvalue weighted by molar-refractivity contribution is 0.192. The van der Waals surface area contributed by atoms with Gasteiger partial charge >= 0.3 is 0 Å². The van der Waals surface area contributed by atoms with Gasteiger partial charge in [-0.15, -0.1) is 0 Å². The Labute approximate surface area is 106 Å². The fraction of sp³-hybridized carbons (Fsp3) is 0.667. The van der Waals surface area contributed by atoms with E-state index in [-0.39, 0.29) is 0 Å². The Morgan fingerprint density at radius 3 is 3.06 bits per heavy atom. The number of hydrogen-bond acceptors (Lipinski definition) is 4. The van der Waals surface area contributed by atoms with E-state index >= 15 is 0 Å². The first kappa shape index (κ1) is 11.2. The van der Waals surface area contributed by atoms with Gasteiger partial charge in [-0.2, -0.15) is 0 Å². The molecule has 0 spiro atoms. The summed E-state index contributed by atoms with van der Waals surface area (Å²) in [5, 5.41) is 3.93. The molecule has 0 radical (unpaired) electrons. The van der Waals surface area contributed by atoms with Crippen molar-refractivity contribution in [1.82, 2.24) is 14.9 Å². The summed E-state index contributed by atoms with van der Waals surface area (Å²) >= 11 is 5.84. The second kappa shape index (κ2) is 4.78. The van der Waals surface area contributed by atoms with Crippen molar-refractivity contribution < 1.29 is 0 Å². The van der Waals surface area contributed by atoms with E-state index in [9.17, 15) is 0 Å². The summed E-state index contributed by atoms with van der Waals surface area (Å²) in [5.41, 5.74) is 0. The lowest BCUT2D eigenvalue weighted by Crippen LogP contribution is -2.41. The van der Waals surface area contributed by atoms with E-state index in [2.05, 4.69) is 20.2 Å². The quantitative estimate of drug-likeness (QED) is 0.876. The summed E-state index contributed by atoms with van der Waals surface area (Å²) in [6.45, 7) is 2.46. The van der Waals surface area contributed by atoms with Crippen molar-refractivity contribution in [2.24, 2.45) is 0 Å². The van der Waals surface area contributed by atoms with Crippen LogP contribution in [0.3, 0.4) is 0 Å². The number of rotatable bonds is 2. The molecule has 4 nitrogen and oxygen atoms in total. The minimum absolute atomic E-state index is 0.452. The zero-order chi connectivity index (χ0) is 11.7. The maximum atomic E-state index is 5.84. The minimum atomic E-state index is 0.452. The van der Waals surface area contributed by atoms with Crippen LogP contribution in [0.5, 0.6) is 0 Å². The molecule has 2 unspecified atom stereocenters. The van der Waals surface area contributed by atoms with E-state index in [4.69, 9.17) is 11.6 Å². The van der Waals surface area contributed by atoms with Crippen LogP contribution in [0.4, 0.5) is 5.82 Å². The summed E-state index contributed by atoms with van der Waals surface area (Å²) in [5.74, 6) is 0.801. The van der Waals surface area contributed by atoms with Gasteiger partial charge in [0.05, 0.1) is 12.4 Å². The van der Waals surface area contributed by atoms with Gasteiger partial charge in [0.2, 0.25) is 0 Å². The smallest absolute Gasteiger partial charge is 0.149 e. The zero-order valence-corrected chi connectivity index (χ0v) is 10.5. The highest BCUT2D eigenvalue weighted by Gasteiger charge is 2.35. The van der Waals surface area contributed by atoms with Gasteiger partial charge in [0.1, 0.15) is 11.0 Å². The molecule has 3 rings (SSSR count). The van der Waals surface area contributed by atoms with Crippen molar-refractivity contribution in [1.29, 1.82) is 0 Å². The maximum Gasteiger partial charge on any atom is 0.149 e. The fourth-order valence-electron chi connectivity index (χ4n) is 3.02. The molecular weight excluding hydrogens is 236 g/mol. The maximum absolute atomic E-state index is 5.84. The second-order valence-electron chi connectivity index (χ2n) is 4.87. The molecule has 0 aromatic carbocycles. The van der Waals surface area contributed by atoms with Gasteiger partial charge in [0.25, 0.3) is 0 Å². The van der Waals surface area contributed by atoms with E-state index in [0.717, 1.165) is 5.82 Å². The van der Waals surface area contributed by atoms with E-state index < -0.39 is 0 Å². The Bertz CT molecular complexity index is 398. The summed E-state index contributed by atoms with van der Waals surface area (Å²) in [4.78, 5) is 10.9. The van der Waals surface area contributed by atoms with Crippen molar-refractivity contribution in [2.75, 3.05) is 18.4 Å². The molecule has 1 aromatic heterocycles. The van der Waals surface area contributed by atoms with Gasteiger partial charge in [0, 0.05) is 18.6 Å². The zero-order valence-electron chi connectivity index (χ0n) is 9.77. The molecule has 2 aliphatic heterocycles. The van der Waals surface area contributed by atoms with Crippen LogP contribution < -0.4 is 5.32 Å². The average Bonchev–Trinajstić information content (AvgIpc) is 2.73. The number of hydrogen-bond donors (Lipinski definition) is 1. The van der Waals surface area contributed by atoms with Crippen LogP contribution >= 0.6 is 11.6 Å². The first-order valence-corrected chi connectivity index (χ1v) is 6.69. The van der Waals surface area contributed by atoms with E-state index in [0.29, 0.717) is 17.2 Å². The van der Waals surface area contributed by atoms with Crippen LogP contribution in [0.2, 0.25) is 5.15 Å². The monoisotopic (exact) mass is 252 g/mol. The predicted molar refractivity (Wildman–Crippen MR) is 68.3 cm³/mol. The average molecular weight is 253 g/mol. The molecule has 0 amide bonds. The summed E-state index contributed by atoms with van der Waals surface area (Å²) in [6.07, 6.45) is 8.50. The van der Waals surface area contributed by atoms with Crippen molar-refractivity contribution in [3.05, 3.63) is 17.5 Å². The number of halogens is 1. The number of aromatic nitrogens is 2. The molecule has 1 aromatic rings. The molecule has 3 heterocycles. The topological polar surface area (TPSA) is 41.1 Å². The van der Waals surface area contributed by atoms with E-state index in [1.54, 1.807) is 12.4 Å². The molecule has 0 aliphatic carbocycles. The van der Waals surface area contributed by atoms with Gasteiger partial charge in [-0.1, -0.05) is 18.0 Å². The normalized spacial score (nSPS) is 29.0. The standard InChI is InChI=1S/C12H17ClN4/c13-11-7-14-8-12(16-11)15-9-4-6-17-5-2-1-3-10(9)17/h7-10H,1-6H2,(H,15,16). The lowest BCUT2D eigenvalue weighted by Gasteiger charge is -2.32. The first-order valence-electron chi connectivity index (χ1n) is 6.31. The van der Waals surface area contributed by atoms with Crippen LogP contribution in [0.15, 0.2) is 12.4 Å². The Hall–Kier alpha value is -0.870. The number of nitrogens with zero attached hydrogens (tertiary/aromatic N) is 3. The third kappa shape index (κ3) is 2.38. The molecule has 0 bridgehead atoms. The van der Waals surface area contributed by atoms with Crippen molar-refractivity contribution in [3.8, 4) is 0 Å². The predicted octanol–water partition coefficient (Wildman–Crippen LogP) is 2.17. The van der Waals surface area contributed by atoms with Crippen LogP contribution in [0.1, 0.15) is 25.7 Å². The molecule has 17 heavy (non-hydrogen) atoms. The first-order chi connectivity index (χ1) is 8.33. The lowest BCUT2D eigenvalue weighted by atomic mass is 9.99. The molecule has 5 heteroatoms. The number of nitrogens with one attached hydrogen (secondary N) is 1. The number of anilines is 1. The summed E-state index contributed by atoms with van der Waals surface area (Å²) in [7, 11) is 0. The molecule has 0 saturated carbocycles. The summed E-state index contributed by atoms with van der Waals surface area (Å²) in [6, 6.07) is 1.17. The highest BCUT2D eigenvalue weighted by molar-refractivity contribution is 6.29. The second-order valence-corrected chi connectivity index (χ2v) is 5.25. The third-order valence-electron chi connectivity index (χ3n) is 3.79. The van der Waals surface area contributed by atoms with Gasteiger partial charge in [-0.05, 0) is 25.8 Å². The van der Waals surface area contributed by atoms with E-state index in [1.165, 1.54) is 38.8 Å². The molecule has 2 aliphatic rings. The molecule has 2 fully saturated rings. The van der Waals surface area contributed by atoms with Crippen molar-refractivity contribution in [3.63, 3.8) is 0 Å². The Kier molecular flexibility index (Phi) is 3.16. The third-order valence-corrected chi connectivity index (χ3v) is 3.98. The highest BCUT2D eigenvalue weighted by Crippen LogP contribution is 2.28. The van der Waals surface area contributed by atoms with Crippen LogP contribution in [-0.2, 0) is 0 Å². The van der Waals surface area contributed by atoms with Crippen molar-refractivity contribution >= 4 is 17.4 Å². The van der Waals surface area contributed by atoms with Crippen LogP contribution in [-0.4, -0.2) is 40.0 Å². The van der Waals surface area contributed by atoms with Crippen LogP contribution in [0.25, 0.3) is 0 Å². The Balaban J connectivity index is 1.69. The molecule has 2 saturated heterocycles. The SMILES string of the molecule is Clc1cncc(NC2CCN3CCCCC23)n1. The van der Waals surface area contributed by atoms with Crippen molar-refractivity contribution in [2.45, 2.75) is 37.8 Å². The van der Waals surface area contributed by atoms with Gasteiger partial charge in [0.15, 0.2) is 0 Å². The number of piperidine rings is 1. The highest BCUT2D eigenvalue weighted by atomic mass is 35.5.